The van der Waals surface area contributed by atoms with Crippen LogP contribution in [0.2, 0.25) is 0 Å². The van der Waals surface area contributed by atoms with Crippen LogP contribution in [0.4, 0.5) is 20.2 Å². The summed E-state index contributed by atoms with van der Waals surface area (Å²) in [4.78, 5) is 29.2. The maximum absolute atomic E-state index is 13.1. The van der Waals surface area contributed by atoms with Crippen LogP contribution < -0.4 is 10.6 Å². The lowest BCUT2D eigenvalue weighted by Gasteiger charge is -2.05. The van der Waals surface area contributed by atoms with Crippen LogP contribution in [0.5, 0.6) is 0 Å². The Kier molecular flexibility index (Phi) is 5.90. The highest BCUT2D eigenvalue weighted by atomic mass is 32.1. The average molecular weight is 435 g/mol. The summed E-state index contributed by atoms with van der Waals surface area (Å²) in [5.41, 5.74) is 1.05. The molecule has 0 saturated carbocycles. The van der Waals surface area contributed by atoms with E-state index in [1.165, 1.54) is 24.3 Å². The molecule has 1 heterocycles. The van der Waals surface area contributed by atoms with Gasteiger partial charge in [0.1, 0.15) is 10.8 Å². The first kappa shape index (κ1) is 20.5. The van der Waals surface area contributed by atoms with Crippen molar-refractivity contribution in [2.45, 2.75) is 6.92 Å². The van der Waals surface area contributed by atoms with Gasteiger partial charge in [-0.2, -0.15) is 0 Å². The standard InChI is InChI=1S/C23H18FN3O3S/c1-2-30-22(29)19-21(27-20(28)15-7-10-17(24)11-8-15)31-23(26-19)25-18-12-9-14-5-3-4-6-16(14)13-18/h3-13H,2H2,1H3,(H,25,26)(H,27,28). The summed E-state index contributed by atoms with van der Waals surface area (Å²) < 4.78 is 18.2. The predicted octanol–water partition coefficient (Wildman–Crippen LogP) is 5.61. The monoisotopic (exact) mass is 435 g/mol. The lowest BCUT2D eigenvalue weighted by molar-refractivity contribution is 0.0521. The van der Waals surface area contributed by atoms with Gasteiger partial charge in [-0.05, 0) is 54.1 Å². The molecule has 3 aromatic carbocycles. The van der Waals surface area contributed by atoms with Gasteiger partial charge >= 0.3 is 5.97 Å². The number of esters is 1. The second-order valence-corrected chi connectivity index (χ2v) is 7.56. The summed E-state index contributed by atoms with van der Waals surface area (Å²) in [6.45, 7) is 1.87. The van der Waals surface area contributed by atoms with Gasteiger partial charge in [0, 0.05) is 11.3 Å². The molecule has 1 aromatic heterocycles. The van der Waals surface area contributed by atoms with Crippen molar-refractivity contribution < 1.29 is 18.7 Å². The fourth-order valence-corrected chi connectivity index (χ4v) is 3.83. The number of halogens is 1. The quantitative estimate of drug-likeness (QED) is 0.385. The molecule has 0 radical (unpaired) electrons. The van der Waals surface area contributed by atoms with Crippen LogP contribution in [0.3, 0.4) is 0 Å². The number of fused-ring (bicyclic) bond motifs is 1. The number of nitrogens with one attached hydrogen (secondary N) is 2. The third-order valence-electron chi connectivity index (χ3n) is 4.43. The minimum absolute atomic E-state index is 0.00519. The maximum Gasteiger partial charge on any atom is 0.360 e. The maximum atomic E-state index is 13.1. The number of nitrogens with zero attached hydrogens (tertiary/aromatic N) is 1. The van der Waals surface area contributed by atoms with Crippen molar-refractivity contribution >= 4 is 49.8 Å². The normalized spacial score (nSPS) is 10.6. The third kappa shape index (κ3) is 4.70. The first-order chi connectivity index (χ1) is 15.0. The molecule has 4 aromatic rings. The molecular weight excluding hydrogens is 417 g/mol. The Morgan fingerprint density at radius 2 is 1.77 bits per heavy atom. The molecule has 0 unspecified atom stereocenters. The van der Waals surface area contributed by atoms with Crippen LogP contribution in [0, 0.1) is 5.82 Å². The van der Waals surface area contributed by atoms with E-state index in [2.05, 4.69) is 15.6 Å². The summed E-state index contributed by atoms with van der Waals surface area (Å²) in [5.74, 6) is -1.56. The average Bonchev–Trinajstić information content (AvgIpc) is 3.16. The Bertz CT molecular complexity index is 1250. The van der Waals surface area contributed by atoms with Crippen molar-refractivity contribution in [2.75, 3.05) is 17.2 Å². The van der Waals surface area contributed by atoms with Gasteiger partial charge in [-0.1, -0.05) is 41.7 Å². The molecule has 0 saturated heterocycles. The van der Waals surface area contributed by atoms with Crippen molar-refractivity contribution in [3.63, 3.8) is 0 Å². The highest BCUT2D eigenvalue weighted by molar-refractivity contribution is 7.20. The number of hydrogen-bond acceptors (Lipinski definition) is 6. The number of ether oxygens (including phenoxy) is 1. The second-order valence-electron chi connectivity index (χ2n) is 6.57. The largest absolute Gasteiger partial charge is 0.461 e. The fraction of sp³-hybridized carbons (Fsp3) is 0.0870. The Hall–Kier alpha value is -3.78. The van der Waals surface area contributed by atoms with Crippen LogP contribution in [-0.4, -0.2) is 23.5 Å². The summed E-state index contributed by atoms with van der Waals surface area (Å²) >= 11 is 1.11. The molecule has 8 heteroatoms. The van der Waals surface area contributed by atoms with E-state index in [4.69, 9.17) is 4.74 Å². The number of hydrogen-bond donors (Lipinski definition) is 2. The highest BCUT2D eigenvalue weighted by Gasteiger charge is 2.22. The van der Waals surface area contributed by atoms with Gasteiger partial charge in [-0.25, -0.2) is 14.2 Å². The van der Waals surface area contributed by atoms with E-state index in [1.54, 1.807) is 6.92 Å². The van der Waals surface area contributed by atoms with E-state index < -0.39 is 17.7 Å². The number of thiazole rings is 1. The molecule has 0 atom stereocenters. The zero-order valence-electron chi connectivity index (χ0n) is 16.5. The number of benzene rings is 3. The topological polar surface area (TPSA) is 80.3 Å². The highest BCUT2D eigenvalue weighted by Crippen LogP contribution is 2.32. The van der Waals surface area contributed by atoms with E-state index >= 15 is 0 Å². The minimum atomic E-state index is -0.639. The molecule has 0 bridgehead atoms. The molecule has 156 valence electrons. The number of anilines is 3. The SMILES string of the molecule is CCOC(=O)c1nc(Nc2ccc3ccccc3c2)sc1NC(=O)c1ccc(F)cc1. The molecular formula is C23H18FN3O3S. The van der Waals surface area contributed by atoms with Crippen molar-refractivity contribution in [1.82, 2.24) is 4.98 Å². The molecule has 4 rings (SSSR count). The van der Waals surface area contributed by atoms with Crippen LogP contribution >= 0.6 is 11.3 Å². The number of carbonyl (C=O) groups excluding carboxylic acids is 2. The summed E-state index contributed by atoms with van der Waals surface area (Å²) in [6, 6.07) is 18.9. The van der Waals surface area contributed by atoms with E-state index in [0.29, 0.717) is 5.13 Å². The van der Waals surface area contributed by atoms with Crippen molar-refractivity contribution in [3.8, 4) is 0 Å². The molecule has 0 aliphatic heterocycles. The Morgan fingerprint density at radius 3 is 2.52 bits per heavy atom. The Morgan fingerprint density at radius 1 is 1.03 bits per heavy atom. The first-order valence-electron chi connectivity index (χ1n) is 9.54. The van der Waals surface area contributed by atoms with E-state index in [-0.39, 0.29) is 22.9 Å². The Balaban J connectivity index is 1.61. The Labute approximate surface area is 181 Å². The van der Waals surface area contributed by atoms with Crippen molar-refractivity contribution in [3.05, 3.63) is 83.8 Å². The van der Waals surface area contributed by atoms with Gasteiger partial charge in [-0.3, -0.25) is 4.79 Å². The summed E-state index contributed by atoms with van der Waals surface area (Å²) in [6.07, 6.45) is 0. The van der Waals surface area contributed by atoms with Crippen molar-refractivity contribution in [1.29, 1.82) is 0 Å². The predicted molar refractivity (Wildman–Crippen MR) is 120 cm³/mol. The molecule has 0 fully saturated rings. The minimum Gasteiger partial charge on any atom is -0.461 e. The van der Waals surface area contributed by atoms with Crippen LogP contribution in [0.15, 0.2) is 66.7 Å². The molecule has 2 N–H and O–H groups in total. The smallest absolute Gasteiger partial charge is 0.360 e. The van der Waals surface area contributed by atoms with Gasteiger partial charge in [-0.15, -0.1) is 0 Å². The molecule has 0 aliphatic carbocycles. The second kappa shape index (κ2) is 8.93. The lowest BCUT2D eigenvalue weighted by Crippen LogP contribution is -2.14. The third-order valence-corrected chi connectivity index (χ3v) is 5.32. The van der Waals surface area contributed by atoms with Gasteiger partial charge in [0.2, 0.25) is 0 Å². The molecule has 31 heavy (non-hydrogen) atoms. The number of rotatable bonds is 6. The van der Waals surface area contributed by atoms with Crippen molar-refractivity contribution in [2.24, 2.45) is 0 Å². The van der Waals surface area contributed by atoms with E-state index in [1.807, 2.05) is 42.5 Å². The van der Waals surface area contributed by atoms with E-state index in [9.17, 15) is 14.0 Å². The molecule has 0 aliphatic rings. The number of carbonyl (C=O) groups is 2. The number of aromatic nitrogens is 1. The van der Waals surface area contributed by atoms with Gasteiger partial charge < -0.3 is 15.4 Å². The summed E-state index contributed by atoms with van der Waals surface area (Å²) in [5, 5.41) is 8.68. The summed E-state index contributed by atoms with van der Waals surface area (Å²) in [7, 11) is 0. The lowest BCUT2D eigenvalue weighted by atomic mass is 10.1. The molecule has 1 amide bonds. The zero-order chi connectivity index (χ0) is 21.8. The molecule has 6 nitrogen and oxygen atoms in total. The van der Waals surface area contributed by atoms with Gasteiger partial charge in [0.25, 0.3) is 5.91 Å². The van der Waals surface area contributed by atoms with Crippen LogP contribution in [0.25, 0.3) is 10.8 Å². The van der Waals surface area contributed by atoms with Gasteiger partial charge in [0.05, 0.1) is 6.61 Å². The van der Waals surface area contributed by atoms with Gasteiger partial charge in [0.15, 0.2) is 10.8 Å². The van der Waals surface area contributed by atoms with Crippen LogP contribution in [-0.2, 0) is 4.74 Å². The van der Waals surface area contributed by atoms with E-state index in [0.717, 1.165) is 27.8 Å². The van der Waals surface area contributed by atoms with Crippen LogP contribution in [0.1, 0.15) is 27.8 Å². The fourth-order valence-electron chi connectivity index (χ4n) is 2.96. The number of amides is 1. The zero-order valence-corrected chi connectivity index (χ0v) is 17.3. The first-order valence-corrected chi connectivity index (χ1v) is 10.4. The molecule has 0 spiro atoms.